The number of benzene rings is 1. The fraction of sp³-hybridized carbons (Fsp3) is 0.294. The van der Waals surface area contributed by atoms with Gasteiger partial charge in [0, 0.05) is 24.2 Å². The van der Waals surface area contributed by atoms with Gasteiger partial charge in [0.2, 0.25) is 0 Å². The van der Waals surface area contributed by atoms with Crippen LogP contribution in [-0.4, -0.2) is 23.9 Å². The number of pyridine rings is 1. The van der Waals surface area contributed by atoms with Crippen LogP contribution in [0.5, 0.6) is 0 Å². The minimum absolute atomic E-state index is 0.0293. The van der Waals surface area contributed by atoms with E-state index in [2.05, 4.69) is 23.7 Å². The van der Waals surface area contributed by atoms with E-state index in [1.807, 2.05) is 49.4 Å². The number of nitrogens with zero attached hydrogens (tertiary/aromatic N) is 2. The molecule has 0 spiro atoms. The number of aromatic nitrogens is 1. The van der Waals surface area contributed by atoms with Crippen molar-refractivity contribution >= 4 is 11.6 Å². The third-order valence-electron chi connectivity index (χ3n) is 3.44. The van der Waals surface area contributed by atoms with Gasteiger partial charge >= 0.3 is 0 Å². The molecule has 0 atom stereocenters. The molecular weight excluding hydrogens is 248 g/mol. The molecule has 0 aliphatic rings. The SMILES string of the molecule is CCN(CC)c1ccc(C(=O)c2ccccc2)c(C)n1. The summed E-state index contributed by atoms with van der Waals surface area (Å²) < 4.78 is 0. The molecule has 2 aromatic rings. The highest BCUT2D eigenvalue weighted by molar-refractivity contribution is 6.09. The summed E-state index contributed by atoms with van der Waals surface area (Å²) in [6.45, 7) is 7.92. The highest BCUT2D eigenvalue weighted by Gasteiger charge is 2.14. The molecule has 1 heterocycles. The second kappa shape index (κ2) is 6.33. The molecule has 104 valence electrons. The van der Waals surface area contributed by atoms with E-state index in [-0.39, 0.29) is 5.78 Å². The van der Waals surface area contributed by atoms with Crippen LogP contribution in [0.3, 0.4) is 0 Å². The fourth-order valence-electron chi connectivity index (χ4n) is 2.26. The summed E-state index contributed by atoms with van der Waals surface area (Å²) in [5, 5.41) is 0. The maximum absolute atomic E-state index is 12.4. The van der Waals surface area contributed by atoms with Crippen molar-refractivity contribution in [1.29, 1.82) is 0 Å². The summed E-state index contributed by atoms with van der Waals surface area (Å²) in [4.78, 5) is 19.2. The maximum Gasteiger partial charge on any atom is 0.194 e. The number of hydrogen-bond donors (Lipinski definition) is 0. The summed E-state index contributed by atoms with van der Waals surface area (Å²) >= 11 is 0. The largest absolute Gasteiger partial charge is 0.357 e. The van der Waals surface area contributed by atoms with E-state index in [9.17, 15) is 4.79 Å². The molecule has 2 rings (SSSR count). The minimum Gasteiger partial charge on any atom is -0.357 e. The standard InChI is InChI=1S/C17H20N2O/c1-4-19(5-2)16-12-11-15(13(3)18-16)17(20)14-9-7-6-8-10-14/h6-12H,4-5H2,1-3H3. The quantitative estimate of drug-likeness (QED) is 0.778. The number of rotatable bonds is 5. The van der Waals surface area contributed by atoms with Gasteiger partial charge in [0.05, 0.1) is 5.69 Å². The van der Waals surface area contributed by atoms with Gasteiger partial charge in [-0.25, -0.2) is 4.98 Å². The van der Waals surface area contributed by atoms with Gasteiger partial charge in [-0.2, -0.15) is 0 Å². The average molecular weight is 268 g/mol. The van der Waals surface area contributed by atoms with E-state index in [1.165, 1.54) is 0 Å². The molecule has 1 aromatic carbocycles. The topological polar surface area (TPSA) is 33.2 Å². The zero-order valence-corrected chi connectivity index (χ0v) is 12.3. The lowest BCUT2D eigenvalue weighted by Crippen LogP contribution is -2.23. The Bertz CT molecular complexity index is 589. The van der Waals surface area contributed by atoms with Crippen molar-refractivity contribution in [1.82, 2.24) is 4.98 Å². The summed E-state index contributed by atoms with van der Waals surface area (Å²) in [6, 6.07) is 13.1. The van der Waals surface area contributed by atoms with Gasteiger partial charge in [-0.05, 0) is 32.9 Å². The Morgan fingerprint density at radius 1 is 1.05 bits per heavy atom. The number of anilines is 1. The van der Waals surface area contributed by atoms with Crippen molar-refractivity contribution in [2.45, 2.75) is 20.8 Å². The average Bonchev–Trinajstić information content (AvgIpc) is 2.49. The Morgan fingerprint density at radius 3 is 2.25 bits per heavy atom. The predicted molar refractivity (Wildman–Crippen MR) is 82.4 cm³/mol. The van der Waals surface area contributed by atoms with Crippen LogP contribution in [0.1, 0.15) is 35.5 Å². The molecule has 0 saturated heterocycles. The third kappa shape index (κ3) is 2.87. The smallest absolute Gasteiger partial charge is 0.194 e. The van der Waals surface area contributed by atoms with Gasteiger partial charge in [0.25, 0.3) is 0 Å². The highest BCUT2D eigenvalue weighted by Crippen LogP contribution is 2.17. The van der Waals surface area contributed by atoms with Gasteiger partial charge in [-0.3, -0.25) is 4.79 Å². The first-order chi connectivity index (χ1) is 9.67. The Balaban J connectivity index is 2.33. The molecule has 3 nitrogen and oxygen atoms in total. The van der Waals surface area contributed by atoms with Crippen LogP contribution >= 0.6 is 0 Å². The van der Waals surface area contributed by atoms with Crippen molar-refractivity contribution in [2.24, 2.45) is 0 Å². The van der Waals surface area contributed by atoms with Crippen molar-refractivity contribution in [3.05, 3.63) is 59.3 Å². The summed E-state index contributed by atoms with van der Waals surface area (Å²) in [5.74, 6) is 0.957. The van der Waals surface area contributed by atoms with Crippen LogP contribution in [0.2, 0.25) is 0 Å². The van der Waals surface area contributed by atoms with E-state index >= 15 is 0 Å². The molecule has 0 fully saturated rings. The van der Waals surface area contributed by atoms with E-state index in [1.54, 1.807) is 0 Å². The van der Waals surface area contributed by atoms with Crippen LogP contribution in [0.25, 0.3) is 0 Å². The lowest BCUT2D eigenvalue weighted by Gasteiger charge is -2.20. The first-order valence-corrected chi connectivity index (χ1v) is 6.99. The van der Waals surface area contributed by atoms with Gasteiger partial charge in [-0.15, -0.1) is 0 Å². The molecule has 0 bridgehead atoms. The van der Waals surface area contributed by atoms with Crippen LogP contribution in [0, 0.1) is 6.92 Å². The molecule has 3 heteroatoms. The van der Waals surface area contributed by atoms with E-state index in [0.717, 1.165) is 24.6 Å². The van der Waals surface area contributed by atoms with E-state index in [4.69, 9.17) is 0 Å². The molecule has 0 radical (unpaired) electrons. The second-order valence-electron chi connectivity index (χ2n) is 4.67. The van der Waals surface area contributed by atoms with Gasteiger partial charge in [0.15, 0.2) is 5.78 Å². The number of carbonyl (C=O) groups excluding carboxylic acids is 1. The van der Waals surface area contributed by atoms with Gasteiger partial charge in [0.1, 0.15) is 5.82 Å². The maximum atomic E-state index is 12.4. The summed E-state index contributed by atoms with van der Waals surface area (Å²) in [7, 11) is 0. The van der Waals surface area contributed by atoms with E-state index < -0.39 is 0 Å². The summed E-state index contributed by atoms with van der Waals surface area (Å²) in [6.07, 6.45) is 0. The zero-order valence-electron chi connectivity index (χ0n) is 12.3. The Labute approximate surface area is 120 Å². The second-order valence-corrected chi connectivity index (χ2v) is 4.67. The number of ketones is 1. The first-order valence-electron chi connectivity index (χ1n) is 6.99. The third-order valence-corrected chi connectivity index (χ3v) is 3.44. The molecule has 0 saturated carbocycles. The molecule has 20 heavy (non-hydrogen) atoms. The van der Waals surface area contributed by atoms with Gasteiger partial charge in [-0.1, -0.05) is 30.3 Å². The molecule has 1 aromatic heterocycles. The Kier molecular flexibility index (Phi) is 4.51. The molecule has 0 aliphatic carbocycles. The fourth-order valence-corrected chi connectivity index (χ4v) is 2.26. The van der Waals surface area contributed by atoms with Crippen LogP contribution in [0.4, 0.5) is 5.82 Å². The highest BCUT2D eigenvalue weighted by atomic mass is 16.1. The van der Waals surface area contributed by atoms with Crippen LogP contribution in [0.15, 0.2) is 42.5 Å². The van der Waals surface area contributed by atoms with Crippen molar-refractivity contribution in [2.75, 3.05) is 18.0 Å². The number of hydrogen-bond acceptors (Lipinski definition) is 3. The lowest BCUT2D eigenvalue weighted by molar-refractivity contribution is 0.103. The van der Waals surface area contributed by atoms with Crippen molar-refractivity contribution in [3.8, 4) is 0 Å². The van der Waals surface area contributed by atoms with E-state index in [0.29, 0.717) is 11.1 Å². The summed E-state index contributed by atoms with van der Waals surface area (Å²) in [5.41, 5.74) is 2.16. The van der Waals surface area contributed by atoms with Crippen LogP contribution in [-0.2, 0) is 0 Å². The first kappa shape index (κ1) is 14.3. The van der Waals surface area contributed by atoms with Gasteiger partial charge < -0.3 is 4.90 Å². The monoisotopic (exact) mass is 268 g/mol. The predicted octanol–water partition coefficient (Wildman–Crippen LogP) is 3.47. The minimum atomic E-state index is 0.0293. The Hall–Kier alpha value is -2.16. The lowest BCUT2D eigenvalue weighted by atomic mass is 10.0. The van der Waals surface area contributed by atoms with Crippen molar-refractivity contribution in [3.63, 3.8) is 0 Å². The van der Waals surface area contributed by atoms with Crippen molar-refractivity contribution < 1.29 is 4.79 Å². The van der Waals surface area contributed by atoms with Crippen LogP contribution < -0.4 is 4.90 Å². The zero-order chi connectivity index (χ0) is 14.5. The normalized spacial score (nSPS) is 10.3. The molecule has 0 aliphatic heterocycles. The molecule has 0 unspecified atom stereocenters. The molecule has 0 amide bonds. The number of carbonyl (C=O) groups is 1. The number of aryl methyl sites for hydroxylation is 1. The molecular formula is C17H20N2O. The Morgan fingerprint density at radius 2 is 1.70 bits per heavy atom. The molecule has 0 N–H and O–H groups in total.